The third-order valence-electron chi connectivity index (χ3n) is 6.25. The minimum Gasteiger partial charge on any atom is -0.385 e. The predicted molar refractivity (Wildman–Crippen MR) is 89.7 cm³/mol. The van der Waals surface area contributed by atoms with Crippen molar-refractivity contribution in [1.82, 2.24) is 0 Å². The molecule has 0 aromatic heterocycles. The Hall–Kier alpha value is -1.48. The van der Waals surface area contributed by atoms with Gasteiger partial charge in [-0.2, -0.15) is 0 Å². The molecule has 0 spiro atoms. The molecule has 0 amide bonds. The van der Waals surface area contributed by atoms with Crippen molar-refractivity contribution in [3.8, 4) is 0 Å². The smallest absolute Gasteiger partial charge is 0.191 e. The summed E-state index contributed by atoms with van der Waals surface area (Å²) in [4.78, 5) is 24.6. The Morgan fingerprint density at radius 3 is 2.57 bits per heavy atom. The minimum atomic E-state index is -1.09. The highest BCUT2D eigenvalue weighted by Crippen LogP contribution is 2.56. The number of rotatable bonds is 2. The third kappa shape index (κ3) is 2.20. The fourth-order valence-corrected chi connectivity index (χ4v) is 4.95. The summed E-state index contributed by atoms with van der Waals surface area (Å²) in [7, 11) is 0. The Kier molecular flexibility index (Phi) is 3.75. The minimum absolute atomic E-state index is 0.222. The van der Waals surface area contributed by atoms with Gasteiger partial charge in [0.05, 0.1) is 0 Å². The Bertz CT molecular complexity index is 663. The molecule has 0 bridgehead atoms. The average molecular weight is 314 g/mol. The summed E-state index contributed by atoms with van der Waals surface area (Å²) in [5.41, 5.74) is 1.80. The molecule has 0 aliphatic heterocycles. The number of benzene rings is 1. The molecule has 3 rings (SSSR count). The van der Waals surface area contributed by atoms with Gasteiger partial charge in [0.15, 0.2) is 5.78 Å². The summed E-state index contributed by atoms with van der Waals surface area (Å²) in [5, 5.41) is 10.8. The van der Waals surface area contributed by atoms with Gasteiger partial charge in [0.1, 0.15) is 12.4 Å². The number of fused-ring (bicyclic) bond motifs is 3. The zero-order valence-electron chi connectivity index (χ0n) is 14.4. The molecule has 124 valence electrons. The molecule has 1 fully saturated rings. The van der Waals surface area contributed by atoms with E-state index >= 15 is 0 Å². The van der Waals surface area contributed by atoms with Crippen LogP contribution in [0.3, 0.4) is 0 Å². The van der Waals surface area contributed by atoms with Gasteiger partial charge in [0.2, 0.25) is 0 Å². The van der Waals surface area contributed by atoms with Crippen LogP contribution in [0, 0.1) is 11.3 Å². The van der Waals surface area contributed by atoms with Crippen LogP contribution in [0.2, 0.25) is 0 Å². The van der Waals surface area contributed by atoms with Gasteiger partial charge in [-0.25, -0.2) is 0 Å². The van der Waals surface area contributed by atoms with E-state index < -0.39 is 11.5 Å². The van der Waals surface area contributed by atoms with Gasteiger partial charge in [0, 0.05) is 16.9 Å². The number of aliphatic hydroxyl groups excluding tert-OH is 1. The summed E-state index contributed by atoms with van der Waals surface area (Å²) in [6.45, 7) is 8.20. The zero-order chi connectivity index (χ0) is 17.0. The van der Waals surface area contributed by atoms with Crippen LogP contribution >= 0.6 is 0 Å². The van der Waals surface area contributed by atoms with Crippen LogP contribution in [-0.2, 0) is 10.2 Å². The maximum atomic E-state index is 12.8. The van der Waals surface area contributed by atoms with Crippen LogP contribution in [0.25, 0.3) is 0 Å². The SMILES string of the molecule is CC(C)c1ccc2c(c1)C(=O)[C@H](O)C1[C@@](C)(C=O)CCC[C@]21C. The Morgan fingerprint density at radius 1 is 1.26 bits per heavy atom. The van der Waals surface area contributed by atoms with Crippen molar-refractivity contribution in [3.05, 3.63) is 34.9 Å². The fraction of sp³-hybridized carbons (Fsp3) is 0.600. The van der Waals surface area contributed by atoms with Crippen molar-refractivity contribution < 1.29 is 14.7 Å². The Balaban J connectivity index is 2.22. The van der Waals surface area contributed by atoms with E-state index in [1.165, 1.54) is 0 Å². The average Bonchev–Trinajstić information content (AvgIpc) is 2.52. The first kappa shape index (κ1) is 16.4. The molecule has 2 aliphatic rings. The van der Waals surface area contributed by atoms with E-state index in [1.807, 2.05) is 13.0 Å². The van der Waals surface area contributed by atoms with Gasteiger partial charge >= 0.3 is 0 Å². The van der Waals surface area contributed by atoms with Crippen LogP contribution in [-0.4, -0.2) is 23.3 Å². The highest BCUT2D eigenvalue weighted by atomic mass is 16.3. The van der Waals surface area contributed by atoms with Gasteiger partial charge in [-0.1, -0.05) is 46.2 Å². The number of hydrogen-bond donors (Lipinski definition) is 1. The molecular formula is C20H26O3. The quantitative estimate of drug-likeness (QED) is 0.848. The van der Waals surface area contributed by atoms with Crippen LogP contribution in [0.1, 0.15) is 74.4 Å². The molecule has 0 saturated heterocycles. The van der Waals surface area contributed by atoms with Gasteiger partial charge < -0.3 is 9.90 Å². The van der Waals surface area contributed by atoms with Gasteiger partial charge in [-0.05, 0) is 41.4 Å². The lowest BCUT2D eigenvalue weighted by atomic mass is 9.49. The second kappa shape index (κ2) is 5.27. The van der Waals surface area contributed by atoms with Crippen LogP contribution in [0.5, 0.6) is 0 Å². The monoisotopic (exact) mass is 314 g/mol. The molecular weight excluding hydrogens is 288 g/mol. The number of aliphatic hydroxyl groups is 1. The Labute approximate surface area is 138 Å². The maximum absolute atomic E-state index is 12.8. The molecule has 1 N–H and O–H groups in total. The number of Topliss-reactive ketones (excluding diaryl/α,β-unsaturated/α-hetero) is 1. The highest BCUT2D eigenvalue weighted by Gasteiger charge is 2.58. The Morgan fingerprint density at radius 2 is 1.96 bits per heavy atom. The first-order valence-corrected chi connectivity index (χ1v) is 8.57. The summed E-state index contributed by atoms with van der Waals surface area (Å²) < 4.78 is 0. The topological polar surface area (TPSA) is 54.4 Å². The lowest BCUT2D eigenvalue weighted by Crippen LogP contribution is -2.58. The van der Waals surface area contributed by atoms with E-state index in [2.05, 4.69) is 32.9 Å². The summed E-state index contributed by atoms with van der Waals surface area (Å²) in [6, 6.07) is 6.08. The van der Waals surface area contributed by atoms with Crippen molar-refractivity contribution in [2.75, 3.05) is 0 Å². The molecule has 3 nitrogen and oxygen atoms in total. The largest absolute Gasteiger partial charge is 0.385 e. The van der Waals surface area contributed by atoms with E-state index in [4.69, 9.17) is 0 Å². The zero-order valence-corrected chi connectivity index (χ0v) is 14.4. The molecule has 1 aromatic carbocycles. The number of ketones is 1. The van der Waals surface area contributed by atoms with Gasteiger partial charge in [-0.15, -0.1) is 0 Å². The molecule has 4 atom stereocenters. The first-order chi connectivity index (χ1) is 10.7. The highest BCUT2D eigenvalue weighted by molar-refractivity contribution is 6.03. The van der Waals surface area contributed by atoms with Crippen LogP contribution in [0.4, 0.5) is 0 Å². The summed E-state index contributed by atoms with van der Waals surface area (Å²) in [5.74, 6) is -0.228. The van der Waals surface area contributed by atoms with E-state index in [1.54, 1.807) is 0 Å². The van der Waals surface area contributed by atoms with Crippen molar-refractivity contribution in [3.63, 3.8) is 0 Å². The standard InChI is InChI=1S/C20H26O3/c1-12(2)13-6-7-15-14(10-13)16(22)17(23)18-19(3,11-21)8-5-9-20(15,18)4/h6-7,10-12,17-18,23H,5,8-9H2,1-4H3/t17-,18?,19+,20+/m0/s1. The molecule has 1 saturated carbocycles. The molecule has 3 heteroatoms. The van der Waals surface area contributed by atoms with Gasteiger partial charge in [-0.3, -0.25) is 4.79 Å². The lowest BCUT2D eigenvalue weighted by molar-refractivity contribution is -0.127. The normalized spacial score (nSPS) is 36.5. The van der Waals surface area contributed by atoms with Crippen LogP contribution < -0.4 is 0 Å². The van der Waals surface area contributed by atoms with E-state index in [0.29, 0.717) is 11.5 Å². The number of hydrogen-bond acceptors (Lipinski definition) is 3. The van der Waals surface area contributed by atoms with Crippen LogP contribution in [0.15, 0.2) is 18.2 Å². The molecule has 23 heavy (non-hydrogen) atoms. The molecule has 0 heterocycles. The van der Waals surface area contributed by atoms with Gasteiger partial charge in [0.25, 0.3) is 0 Å². The molecule has 1 unspecified atom stereocenters. The van der Waals surface area contributed by atoms with Crippen molar-refractivity contribution in [1.29, 1.82) is 0 Å². The first-order valence-electron chi connectivity index (χ1n) is 8.57. The predicted octanol–water partition coefficient (Wildman–Crippen LogP) is 3.63. The molecule has 1 aromatic rings. The van der Waals surface area contributed by atoms with Crippen molar-refractivity contribution in [2.24, 2.45) is 11.3 Å². The fourth-order valence-electron chi connectivity index (χ4n) is 4.95. The lowest BCUT2D eigenvalue weighted by Gasteiger charge is -2.54. The second-order valence-corrected chi connectivity index (χ2v) is 8.14. The van der Waals surface area contributed by atoms with E-state index in [0.717, 1.165) is 36.7 Å². The second-order valence-electron chi connectivity index (χ2n) is 8.14. The molecule has 2 aliphatic carbocycles. The molecule has 0 radical (unpaired) electrons. The van der Waals surface area contributed by atoms with Crippen molar-refractivity contribution in [2.45, 2.75) is 64.4 Å². The van der Waals surface area contributed by atoms with E-state index in [-0.39, 0.29) is 17.1 Å². The summed E-state index contributed by atoms with van der Waals surface area (Å²) >= 11 is 0. The maximum Gasteiger partial charge on any atom is 0.191 e. The number of carbonyl (C=O) groups excluding carboxylic acids is 2. The third-order valence-corrected chi connectivity index (χ3v) is 6.25. The van der Waals surface area contributed by atoms with Crippen molar-refractivity contribution >= 4 is 12.1 Å². The summed E-state index contributed by atoms with van der Waals surface area (Å²) in [6.07, 6.45) is 2.44. The number of aldehydes is 1. The number of carbonyl (C=O) groups is 2. The van der Waals surface area contributed by atoms with E-state index in [9.17, 15) is 14.7 Å².